The van der Waals surface area contributed by atoms with Gasteiger partial charge in [0, 0.05) is 47.5 Å². The van der Waals surface area contributed by atoms with Gasteiger partial charge in [-0.15, -0.1) is 0 Å². The molecule has 148 valence electrons. The zero-order chi connectivity index (χ0) is 20.5. The molecule has 0 radical (unpaired) electrons. The van der Waals surface area contributed by atoms with Gasteiger partial charge in [-0.05, 0) is 18.6 Å². The van der Waals surface area contributed by atoms with Gasteiger partial charge < -0.3 is 14.2 Å². The molecule has 7 heteroatoms. The van der Waals surface area contributed by atoms with Gasteiger partial charge in [0.2, 0.25) is 0 Å². The molecular weight excluding hydrogens is 376 g/mol. The Morgan fingerprint density at radius 3 is 2.61 bits per heavy atom. The first-order valence-corrected chi connectivity index (χ1v) is 9.98. The normalized spacial score (nSPS) is 16.3. The van der Waals surface area contributed by atoms with Crippen LogP contribution in [0.5, 0.6) is 0 Å². The van der Waals surface area contributed by atoms with Crippen LogP contribution in [0.3, 0.4) is 0 Å². The molecule has 1 aromatic heterocycles. The number of para-hydroxylation sites is 1. The van der Waals surface area contributed by atoms with Gasteiger partial charge in [0.05, 0.1) is 6.42 Å². The number of hydrogen-bond acceptors (Lipinski definition) is 6. The van der Waals surface area contributed by atoms with Crippen molar-refractivity contribution in [2.45, 2.75) is 39.2 Å². The van der Waals surface area contributed by atoms with Crippen LogP contribution in [0, 0.1) is 6.92 Å². The van der Waals surface area contributed by atoms with Gasteiger partial charge >= 0.3 is 10.8 Å². The summed E-state index contributed by atoms with van der Waals surface area (Å²) in [4.78, 5) is 37.9. The van der Waals surface area contributed by atoms with E-state index in [4.69, 9.17) is 4.74 Å². The number of carbonyl (C=O) groups excluding carboxylic acids is 2. The SMILES string of the molecule is Cc1csc(=O)n1CCC(=O)OCC(=O)/C=C1/N(C)c2ccccc2C1(C)C. The number of benzene rings is 1. The molecule has 3 rings (SSSR count). The van der Waals surface area contributed by atoms with Crippen molar-refractivity contribution in [2.75, 3.05) is 18.6 Å². The average molecular weight is 401 g/mol. The number of hydrogen-bond donors (Lipinski definition) is 0. The minimum Gasteiger partial charge on any atom is -0.457 e. The lowest BCUT2D eigenvalue weighted by Crippen LogP contribution is -2.25. The molecule has 0 bridgehead atoms. The summed E-state index contributed by atoms with van der Waals surface area (Å²) in [5.74, 6) is -0.758. The largest absolute Gasteiger partial charge is 0.457 e. The van der Waals surface area contributed by atoms with Crippen LogP contribution < -0.4 is 9.77 Å². The number of carbonyl (C=O) groups is 2. The maximum Gasteiger partial charge on any atom is 0.308 e. The third-order valence-corrected chi connectivity index (χ3v) is 6.01. The number of fused-ring (bicyclic) bond motifs is 1. The minimum absolute atomic E-state index is 0.0537. The van der Waals surface area contributed by atoms with E-state index in [1.54, 1.807) is 11.5 Å². The fraction of sp³-hybridized carbons (Fsp3) is 0.381. The molecule has 0 amide bonds. The molecule has 2 aromatic rings. The van der Waals surface area contributed by atoms with Crippen LogP contribution in [0.15, 0.2) is 46.2 Å². The zero-order valence-corrected chi connectivity index (χ0v) is 17.3. The fourth-order valence-corrected chi connectivity index (χ4v) is 4.32. The average Bonchev–Trinajstić information content (AvgIpc) is 3.08. The molecule has 0 unspecified atom stereocenters. The minimum atomic E-state index is -0.494. The molecule has 1 aliphatic heterocycles. The van der Waals surface area contributed by atoms with Crippen molar-refractivity contribution in [1.29, 1.82) is 0 Å². The highest BCUT2D eigenvalue weighted by molar-refractivity contribution is 7.07. The summed E-state index contributed by atoms with van der Waals surface area (Å²) in [6.45, 7) is 5.91. The Balaban J connectivity index is 1.60. The Kier molecular flexibility index (Phi) is 5.56. The van der Waals surface area contributed by atoms with E-state index in [-0.39, 0.29) is 35.6 Å². The molecule has 0 saturated carbocycles. The number of anilines is 1. The Bertz CT molecular complexity index is 1000. The zero-order valence-electron chi connectivity index (χ0n) is 16.5. The Hall–Kier alpha value is -2.67. The lowest BCUT2D eigenvalue weighted by Gasteiger charge is -2.23. The van der Waals surface area contributed by atoms with Crippen LogP contribution in [0.1, 0.15) is 31.5 Å². The van der Waals surface area contributed by atoms with Crippen molar-refractivity contribution in [1.82, 2.24) is 4.57 Å². The van der Waals surface area contributed by atoms with Gasteiger partial charge in [-0.1, -0.05) is 43.4 Å². The predicted octanol–water partition coefficient (Wildman–Crippen LogP) is 3.03. The van der Waals surface area contributed by atoms with Gasteiger partial charge in [0.25, 0.3) is 0 Å². The summed E-state index contributed by atoms with van der Waals surface area (Å²) in [7, 11) is 1.93. The number of allylic oxidation sites excluding steroid dienone is 1. The summed E-state index contributed by atoms with van der Waals surface area (Å²) in [5, 5.41) is 1.75. The van der Waals surface area contributed by atoms with Crippen molar-refractivity contribution in [2.24, 2.45) is 0 Å². The second kappa shape index (κ2) is 7.75. The maximum atomic E-state index is 12.4. The fourth-order valence-electron chi connectivity index (χ4n) is 3.55. The Morgan fingerprint density at radius 2 is 1.96 bits per heavy atom. The van der Waals surface area contributed by atoms with Gasteiger partial charge in [0.15, 0.2) is 12.4 Å². The highest BCUT2D eigenvalue weighted by Crippen LogP contribution is 2.46. The lowest BCUT2D eigenvalue weighted by molar-refractivity contribution is -0.147. The van der Waals surface area contributed by atoms with Crippen LogP contribution in [-0.2, 0) is 26.3 Å². The Labute approximate surface area is 168 Å². The molecule has 0 spiro atoms. The second-order valence-corrected chi connectivity index (χ2v) is 8.22. The lowest BCUT2D eigenvalue weighted by atomic mass is 9.83. The molecule has 1 aliphatic rings. The van der Waals surface area contributed by atoms with Gasteiger partial charge in [-0.25, -0.2) is 0 Å². The predicted molar refractivity (Wildman–Crippen MR) is 110 cm³/mol. The van der Waals surface area contributed by atoms with Crippen LogP contribution in [0.2, 0.25) is 0 Å². The standard InChI is InChI=1S/C21H24N2O4S/c1-14-13-28-20(26)23(14)10-9-19(25)27-12-15(24)11-18-21(2,3)16-7-5-6-8-17(16)22(18)4/h5-8,11,13H,9-10,12H2,1-4H3/b18-11+. The van der Waals surface area contributed by atoms with Crippen LogP contribution >= 0.6 is 11.3 Å². The van der Waals surface area contributed by atoms with E-state index < -0.39 is 5.97 Å². The molecule has 28 heavy (non-hydrogen) atoms. The van der Waals surface area contributed by atoms with Crippen LogP contribution in [0.25, 0.3) is 0 Å². The summed E-state index contributed by atoms with van der Waals surface area (Å²) in [6, 6.07) is 8.04. The molecule has 1 aromatic carbocycles. The number of esters is 1. The Morgan fingerprint density at radius 1 is 1.25 bits per heavy atom. The number of nitrogens with zero attached hydrogens (tertiary/aromatic N) is 2. The van der Waals surface area contributed by atoms with E-state index >= 15 is 0 Å². The van der Waals surface area contributed by atoms with Crippen molar-refractivity contribution in [3.05, 3.63) is 62.3 Å². The number of likely N-dealkylation sites (N-methyl/N-ethyl adjacent to an activating group) is 1. The first-order valence-electron chi connectivity index (χ1n) is 9.10. The summed E-state index contributed by atoms with van der Waals surface area (Å²) >= 11 is 1.10. The van der Waals surface area contributed by atoms with E-state index in [1.807, 2.05) is 37.1 Å². The third-order valence-electron chi connectivity index (χ3n) is 5.13. The molecule has 6 nitrogen and oxygen atoms in total. The van der Waals surface area contributed by atoms with Crippen molar-refractivity contribution < 1.29 is 14.3 Å². The van der Waals surface area contributed by atoms with Crippen molar-refractivity contribution in [3.63, 3.8) is 0 Å². The molecule has 0 atom stereocenters. The molecular formula is C21H24N2O4S. The van der Waals surface area contributed by atoms with Gasteiger partial charge in [-0.3, -0.25) is 14.4 Å². The molecule has 0 N–H and O–H groups in total. The monoisotopic (exact) mass is 400 g/mol. The highest BCUT2D eigenvalue weighted by atomic mass is 32.1. The molecule has 2 heterocycles. The van der Waals surface area contributed by atoms with Crippen molar-refractivity contribution in [3.8, 4) is 0 Å². The van der Waals surface area contributed by atoms with E-state index in [0.717, 1.165) is 34.0 Å². The summed E-state index contributed by atoms with van der Waals surface area (Å²) in [5.41, 5.74) is 3.61. The topological polar surface area (TPSA) is 68.6 Å². The van der Waals surface area contributed by atoms with E-state index in [9.17, 15) is 14.4 Å². The van der Waals surface area contributed by atoms with E-state index in [2.05, 4.69) is 19.9 Å². The number of aromatic nitrogens is 1. The van der Waals surface area contributed by atoms with Crippen LogP contribution in [0.4, 0.5) is 5.69 Å². The van der Waals surface area contributed by atoms with Gasteiger partial charge in [-0.2, -0.15) is 0 Å². The smallest absolute Gasteiger partial charge is 0.308 e. The summed E-state index contributed by atoms with van der Waals surface area (Å²) in [6.07, 6.45) is 1.61. The van der Waals surface area contributed by atoms with Crippen molar-refractivity contribution >= 4 is 28.8 Å². The van der Waals surface area contributed by atoms with Crippen LogP contribution in [-0.4, -0.2) is 30.0 Å². The highest BCUT2D eigenvalue weighted by Gasteiger charge is 2.38. The van der Waals surface area contributed by atoms with E-state index in [1.165, 1.54) is 4.57 Å². The number of aryl methyl sites for hydroxylation is 1. The third kappa shape index (κ3) is 3.80. The quantitative estimate of drug-likeness (QED) is 0.551. The van der Waals surface area contributed by atoms with Gasteiger partial charge in [0.1, 0.15) is 0 Å². The molecule has 0 saturated heterocycles. The summed E-state index contributed by atoms with van der Waals surface area (Å²) < 4.78 is 6.64. The first kappa shape index (κ1) is 20.1. The first-order chi connectivity index (χ1) is 13.2. The van der Waals surface area contributed by atoms with E-state index in [0.29, 0.717) is 0 Å². The number of ketones is 1. The molecule has 0 aliphatic carbocycles. The number of ether oxygens (including phenoxy) is 1. The number of rotatable bonds is 6. The molecule has 0 fully saturated rings. The second-order valence-electron chi connectivity index (χ2n) is 7.40. The maximum absolute atomic E-state index is 12.4. The number of thiazole rings is 1.